The SMILES string of the molecule is CC(C)c1c(N)ncnc1NCCCN1CCOCC1. The first-order valence-corrected chi connectivity index (χ1v) is 7.33. The van der Waals surface area contributed by atoms with Crippen molar-refractivity contribution in [1.82, 2.24) is 14.9 Å². The number of nitrogens with one attached hydrogen (secondary N) is 1. The molecule has 0 saturated carbocycles. The van der Waals surface area contributed by atoms with Gasteiger partial charge in [-0.1, -0.05) is 13.8 Å². The molecule has 0 unspecified atom stereocenters. The summed E-state index contributed by atoms with van der Waals surface area (Å²) >= 11 is 0. The standard InChI is InChI=1S/C14H25N5O/c1-11(2)12-13(15)17-10-18-14(12)16-4-3-5-19-6-8-20-9-7-19/h10-11H,3-9H2,1-2H3,(H3,15,16,17,18). The first-order valence-electron chi connectivity index (χ1n) is 7.33. The lowest BCUT2D eigenvalue weighted by Crippen LogP contribution is -2.37. The van der Waals surface area contributed by atoms with Crippen molar-refractivity contribution in [2.75, 3.05) is 50.4 Å². The lowest BCUT2D eigenvalue weighted by atomic mass is 10.0. The number of rotatable bonds is 6. The molecule has 20 heavy (non-hydrogen) atoms. The molecule has 112 valence electrons. The summed E-state index contributed by atoms with van der Waals surface area (Å²) in [7, 11) is 0. The van der Waals surface area contributed by atoms with E-state index in [9.17, 15) is 0 Å². The van der Waals surface area contributed by atoms with Crippen molar-refractivity contribution >= 4 is 11.6 Å². The van der Waals surface area contributed by atoms with E-state index in [-0.39, 0.29) is 0 Å². The van der Waals surface area contributed by atoms with Crippen LogP contribution in [-0.2, 0) is 4.74 Å². The number of morpholine rings is 1. The first-order chi connectivity index (χ1) is 9.68. The van der Waals surface area contributed by atoms with Gasteiger partial charge in [0.2, 0.25) is 0 Å². The average molecular weight is 279 g/mol. The zero-order valence-corrected chi connectivity index (χ0v) is 12.4. The summed E-state index contributed by atoms with van der Waals surface area (Å²) in [4.78, 5) is 10.8. The second-order valence-electron chi connectivity index (χ2n) is 5.41. The predicted octanol–water partition coefficient (Wildman–Crippen LogP) is 1.32. The van der Waals surface area contributed by atoms with Gasteiger partial charge in [-0.15, -0.1) is 0 Å². The van der Waals surface area contributed by atoms with Gasteiger partial charge >= 0.3 is 0 Å². The van der Waals surface area contributed by atoms with Crippen LogP contribution >= 0.6 is 0 Å². The van der Waals surface area contributed by atoms with Crippen LogP contribution in [0.3, 0.4) is 0 Å². The number of nitrogens with zero attached hydrogens (tertiary/aromatic N) is 3. The van der Waals surface area contributed by atoms with Gasteiger partial charge in [0.1, 0.15) is 18.0 Å². The smallest absolute Gasteiger partial charge is 0.134 e. The lowest BCUT2D eigenvalue weighted by molar-refractivity contribution is 0.0378. The van der Waals surface area contributed by atoms with Crippen LogP contribution in [0.25, 0.3) is 0 Å². The summed E-state index contributed by atoms with van der Waals surface area (Å²) in [6.07, 6.45) is 2.60. The molecule has 1 aliphatic heterocycles. The van der Waals surface area contributed by atoms with Gasteiger partial charge < -0.3 is 15.8 Å². The van der Waals surface area contributed by atoms with E-state index in [0.717, 1.165) is 57.2 Å². The van der Waals surface area contributed by atoms with E-state index in [0.29, 0.717) is 11.7 Å². The molecule has 0 spiro atoms. The molecule has 1 fully saturated rings. The minimum Gasteiger partial charge on any atom is -0.383 e. The monoisotopic (exact) mass is 279 g/mol. The molecule has 2 rings (SSSR count). The highest BCUT2D eigenvalue weighted by molar-refractivity contribution is 5.56. The molecule has 0 aromatic carbocycles. The highest BCUT2D eigenvalue weighted by Gasteiger charge is 2.13. The Kier molecular flexibility index (Phi) is 5.55. The average Bonchev–Trinajstić information content (AvgIpc) is 2.44. The number of hydrogen-bond donors (Lipinski definition) is 2. The molecular formula is C14H25N5O. The van der Waals surface area contributed by atoms with Gasteiger partial charge in [0, 0.05) is 25.2 Å². The molecule has 1 saturated heterocycles. The molecule has 0 amide bonds. The fourth-order valence-electron chi connectivity index (χ4n) is 2.45. The number of aromatic nitrogens is 2. The minimum atomic E-state index is 0.318. The fraction of sp³-hybridized carbons (Fsp3) is 0.714. The summed E-state index contributed by atoms with van der Waals surface area (Å²) in [5, 5.41) is 3.39. The van der Waals surface area contributed by atoms with Crippen LogP contribution in [0.15, 0.2) is 6.33 Å². The number of nitrogen functional groups attached to an aromatic ring is 1. The van der Waals surface area contributed by atoms with Crippen LogP contribution < -0.4 is 11.1 Å². The second-order valence-corrected chi connectivity index (χ2v) is 5.41. The van der Waals surface area contributed by atoms with E-state index >= 15 is 0 Å². The Balaban J connectivity index is 1.80. The van der Waals surface area contributed by atoms with Crippen molar-refractivity contribution in [2.24, 2.45) is 0 Å². The second kappa shape index (κ2) is 7.40. The van der Waals surface area contributed by atoms with E-state index in [4.69, 9.17) is 10.5 Å². The van der Waals surface area contributed by atoms with Gasteiger partial charge in [-0.05, 0) is 18.9 Å². The Labute approximate surface area is 120 Å². The van der Waals surface area contributed by atoms with Gasteiger partial charge in [-0.25, -0.2) is 9.97 Å². The zero-order valence-electron chi connectivity index (χ0n) is 12.4. The topological polar surface area (TPSA) is 76.3 Å². The Morgan fingerprint density at radius 3 is 2.80 bits per heavy atom. The molecule has 0 atom stereocenters. The van der Waals surface area contributed by atoms with Crippen molar-refractivity contribution in [3.8, 4) is 0 Å². The maximum atomic E-state index is 5.93. The van der Waals surface area contributed by atoms with Gasteiger partial charge in [0.05, 0.1) is 13.2 Å². The molecule has 2 heterocycles. The summed E-state index contributed by atoms with van der Waals surface area (Å²) in [5.74, 6) is 1.76. The molecule has 0 bridgehead atoms. The molecule has 6 nitrogen and oxygen atoms in total. The fourth-order valence-corrected chi connectivity index (χ4v) is 2.45. The zero-order chi connectivity index (χ0) is 14.4. The first kappa shape index (κ1) is 15.0. The van der Waals surface area contributed by atoms with Crippen molar-refractivity contribution in [3.63, 3.8) is 0 Å². The van der Waals surface area contributed by atoms with E-state index in [1.807, 2.05) is 0 Å². The van der Waals surface area contributed by atoms with E-state index in [1.54, 1.807) is 0 Å². The number of nitrogens with two attached hydrogens (primary N) is 1. The Morgan fingerprint density at radius 2 is 2.10 bits per heavy atom. The quantitative estimate of drug-likeness (QED) is 0.765. The van der Waals surface area contributed by atoms with Gasteiger partial charge in [0.15, 0.2) is 0 Å². The molecule has 6 heteroatoms. The Hall–Kier alpha value is -1.40. The summed E-state index contributed by atoms with van der Waals surface area (Å²) in [6.45, 7) is 9.99. The third kappa shape index (κ3) is 4.05. The number of hydrogen-bond acceptors (Lipinski definition) is 6. The maximum absolute atomic E-state index is 5.93. The largest absolute Gasteiger partial charge is 0.383 e. The van der Waals surface area contributed by atoms with Crippen molar-refractivity contribution < 1.29 is 4.74 Å². The Bertz CT molecular complexity index is 418. The summed E-state index contributed by atoms with van der Waals surface area (Å²) in [6, 6.07) is 0. The van der Waals surface area contributed by atoms with E-state index < -0.39 is 0 Å². The van der Waals surface area contributed by atoms with Crippen LogP contribution in [0, 0.1) is 0 Å². The highest BCUT2D eigenvalue weighted by Crippen LogP contribution is 2.25. The van der Waals surface area contributed by atoms with Gasteiger partial charge in [-0.2, -0.15) is 0 Å². The van der Waals surface area contributed by atoms with Crippen molar-refractivity contribution in [3.05, 3.63) is 11.9 Å². The van der Waals surface area contributed by atoms with E-state index in [2.05, 4.69) is 34.0 Å². The van der Waals surface area contributed by atoms with Crippen LogP contribution in [0.4, 0.5) is 11.6 Å². The molecule has 1 aliphatic rings. The molecule has 3 N–H and O–H groups in total. The van der Waals surface area contributed by atoms with Crippen molar-refractivity contribution in [2.45, 2.75) is 26.2 Å². The third-order valence-electron chi connectivity index (χ3n) is 3.54. The molecular weight excluding hydrogens is 254 g/mol. The predicted molar refractivity (Wildman–Crippen MR) is 80.9 cm³/mol. The molecule has 1 aromatic heterocycles. The normalized spacial score (nSPS) is 16.6. The maximum Gasteiger partial charge on any atom is 0.134 e. The number of ether oxygens (including phenoxy) is 1. The minimum absolute atomic E-state index is 0.318. The van der Waals surface area contributed by atoms with Gasteiger partial charge in [0.25, 0.3) is 0 Å². The highest BCUT2D eigenvalue weighted by atomic mass is 16.5. The van der Waals surface area contributed by atoms with E-state index in [1.165, 1.54) is 6.33 Å². The summed E-state index contributed by atoms with van der Waals surface area (Å²) in [5.41, 5.74) is 6.94. The molecule has 0 aliphatic carbocycles. The number of anilines is 2. The van der Waals surface area contributed by atoms with Crippen LogP contribution in [0.1, 0.15) is 31.7 Å². The van der Waals surface area contributed by atoms with Crippen LogP contribution in [0.2, 0.25) is 0 Å². The molecule has 1 aromatic rings. The summed E-state index contributed by atoms with van der Waals surface area (Å²) < 4.78 is 5.34. The lowest BCUT2D eigenvalue weighted by Gasteiger charge is -2.26. The Morgan fingerprint density at radius 1 is 1.35 bits per heavy atom. The van der Waals surface area contributed by atoms with Gasteiger partial charge in [-0.3, -0.25) is 4.90 Å². The van der Waals surface area contributed by atoms with Crippen molar-refractivity contribution in [1.29, 1.82) is 0 Å². The van der Waals surface area contributed by atoms with Crippen LogP contribution in [-0.4, -0.2) is 54.3 Å². The third-order valence-corrected chi connectivity index (χ3v) is 3.54. The van der Waals surface area contributed by atoms with Crippen LogP contribution in [0.5, 0.6) is 0 Å². The molecule has 0 radical (unpaired) electrons.